The number of nitrogens with one attached hydrogen (secondary N) is 3. The van der Waals surface area contributed by atoms with Crippen LogP contribution in [0, 0.1) is 0 Å². The van der Waals surface area contributed by atoms with E-state index in [1.807, 2.05) is 0 Å². The van der Waals surface area contributed by atoms with Gasteiger partial charge < -0.3 is 4.98 Å². The van der Waals surface area contributed by atoms with Crippen molar-refractivity contribution in [3.63, 3.8) is 0 Å². The van der Waals surface area contributed by atoms with Crippen molar-refractivity contribution in [3.05, 3.63) is 63.7 Å². The first-order valence-corrected chi connectivity index (χ1v) is 12.6. The minimum absolute atomic E-state index is 0.0117. The Morgan fingerprint density at radius 2 is 1.59 bits per heavy atom. The van der Waals surface area contributed by atoms with E-state index in [9.17, 15) is 21.6 Å². The summed E-state index contributed by atoms with van der Waals surface area (Å²) in [5.74, 6) is 0. The van der Waals surface area contributed by atoms with Crippen molar-refractivity contribution < 1.29 is 16.8 Å². The smallest absolute Gasteiger partial charge is 0.305 e. The largest absolute Gasteiger partial charge is 0.312 e. The zero-order valence-corrected chi connectivity index (χ0v) is 17.6. The molecular formula is C16H12N4O5S4. The molecule has 2 aromatic heterocycles. The number of benzene rings is 2. The van der Waals surface area contributed by atoms with Crippen molar-refractivity contribution in [2.24, 2.45) is 0 Å². The first-order valence-electron chi connectivity index (χ1n) is 7.91. The van der Waals surface area contributed by atoms with Crippen LogP contribution in [0.4, 0.5) is 10.8 Å². The molecule has 0 bridgehead atoms. The fraction of sp³-hybridized carbons (Fsp3) is 0. The molecule has 0 radical (unpaired) electrons. The number of fused-ring (bicyclic) bond motifs is 1. The monoisotopic (exact) mass is 468 g/mol. The number of thiazole rings is 2. The van der Waals surface area contributed by atoms with E-state index in [0.29, 0.717) is 10.2 Å². The van der Waals surface area contributed by atoms with Crippen molar-refractivity contribution in [1.82, 2.24) is 9.97 Å². The Hall–Kier alpha value is -2.74. The minimum atomic E-state index is -3.92. The summed E-state index contributed by atoms with van der Waals surface area (Å²) in [6.07, 6.45) is 1.48. The van der Waals surface area contributed by atoms with Crippen LogP contribution in [-0.4, -0.2) is 26.8 Å². The molecule has 2 aromatic carbocycles. The summed E-state index contributed by atoms with van der Waals surface area (Å²) in [4.78, 5) is 17.5. The van der Waals surface area contributed by atoms with Gasteiger partial charge >= 0.3 is 4.87 Å². The maximum atomic E-state index is 12.6. The molecule has 0 aliphatic carbocycles. The minimum Gasteiger partial charge on any atom is -0.312 e. The number of H-pyrrole nitrogens is 1. The summed E-state index contributed by atoms with van der Waals surface area (Å²) < 4.78 is 55.1. The Bertz CT molecular complexity index is 1440. The second-order valence-corrected chi connectivity index (χ2v) is 11.0. The summed E-state index contributed by atoms with van der Waals surface area (Å²) in [5, 5.41) is 1.87. The van der Waals surface area contributed by atoms with Crippen LogP contribution in [0.3, 0.4) is 0 Å². The third-order valence-electron chi connectivity index (χ3n) is 3.77. The van der Waals surface area contributed by atoms with Gasteiger partial charge in [0, 0.05) is 17.3 Å². The predicted octanol–water partition coefficient (Wildman–Crippen LogP) is 2.65. The third-order valence-corrected chi connectivity index (χ3v) is 8.17. The maximum Gasteiger partial charge on any atom is 0.305 e. The summed E-state index contributed by atoms with van der Waals surface area (Å²) in [6.45, 7) is 0. The number of hydrogen-bond donors (Lipinski definition) is 3. The van der Waals surface area contributed by atoms with E-state index in [1.54, 1.807) is 5.38 Å². The summed E-state index contributed by atoms with van der Waals surface area (Å²) in [5.41, 5.74) is 0.752. The number of aromatic amines is 1. The van der Waals surface area contributed by atoms with Gasteiger partial charge in [0.25, 0.3) is 20.0 Å². The molecule has 0 aliphatic heterocycles. The normalized spacial score (nSPS) is 12.1. The van der Waals surface area contributed by atoms with Crippen LogP contribution < -0.4 is 14.3 Å². The van der Waals surface area contributed by atoms with E-state index in [2.05, 4.69) is 19.4 Å². The van der Waals surface area contributed by atoms with E-state index in [0.717, 1.165) is 22.7 Å². The Morgan fingerprint density at radius 3 is 2.28 bits per heavy atom. The molecule has 0 saturated carbocycles. The van der Waals surface area contributed by atoms with E-state index in [4.69, 9.17) is 0 Å². The van der Waals surface area contributed by atoms with Crippen molar-refractivity contribution in [2.45, 2.75) is 9.79 Å². The zero-order chi connectivity index (χ0) is 20.6. The molecule has 13 heteroatoms. The molecular weight excluding hydrogens is 456 g/mol. The summed E-state index contributed by atoms with van der Waals surface area (Å²) in [7, 11) is -7.75. The Kier molecular flexibility index (Phi) is 4.90. The van der Waals surface area contributed by atoms with Gasteiger partial charge in [-0.3, -0.25) is 14.2 Å². The van der Waals surface area contributed by atoms with Gasteiger partial charge in [-0.2, -0.15) is 0 Å². The van der Waals surface area contributed by atoms with Crippen LogP contribution in [0.2, 0.25) is 0 Å². The van der Waals surface area contributed by atoms with E-state index in [1.165, 1.54) is 48.7 Å². The Balaban J connectivity index is 1.56. The molecule has 29 heavy (non-hydrogen) atoms. The molecule has 0 saturated heterocycles. The number of rotatable bonds is 6. The van der Waals surface area contributed by atoms with Gasteiger partial charge in [-0.05, 0) is 42.5 Å². The van der Waals surface area contributed by atoms with Crippen LogP contribution >= 0.6 is 22.7 Å². The summed E-state index contributed by atoms with van der Waals surface area (Å²) >= 11 is 2.05. The van der Waals surface area contributed by atoms with E-state index < -0.39 is 20.0 Å². The Labute approximate surface area is 173 Å². The number of hydrogen-bond acceptors (Lipinski definition) is 8. The fourth-order valence-electron chi connectivity index (χ4n) is 2.46. The number of sulfonamides is 2. The highest BCUT2D eigenvalue weighted by molar-refractivity contribution is 7.93. The van der Waals surface area contributed by atoms with Crippen molar-refractivity contribution >= 4 is 63.8 Å². The second-order valence-electron chi connectivity index (χ2n) is 5.75. The van der Waals surface area contributed by atoms with Crippen LogP contribution in [0.5, 0.6) is 0 Å². The number of anilines is 2. The van der Waals surface area contributed by atoms with Gasteiger partial charge in [0.15, 0.2) is 5.13 Å². The van der Waals surface area contributed by atoms with E-state index >= 15 is 0 Å². The lowest BCUT2D eigenvalue weighted by molar-refractivity contribution is 0.600. The molecule has 9 nitrogen and oxygen atoms in total. The highest BCUT2D eigenvalue weighted by Crippen LogP contribution is 2.23. The molecule has 0 fully saturated rings. The molecule has 150 valence electrons. The molecule has 3 N–H and O–H groups in total. The predicted molar refractivity (Wildman–Crippen MR) is 113 cm³/mol. The standard InChI is InChI=1S/C16H12N4O5S4/c21-16-18-13-6-5-12(9-14(13)27-16)29(24,25)19-10-1-3-11(4-2-10)28(22,23)20-15-17-7-8-26-15/h1-9,19H,(H,17,20)(H,18,21). The van der Waals surface area contributed by atoms with Crippen molar-refractivity contribution in [2.75, 3.05) is 9.44 Å². The molecule has 4 rings (SSSR count). The van der Waals surface area contributed by atoms with Gasteiger partial charge in [0.1, 0.15) is 0 Å². The highest BCUT2D eigenvalue weighted by atomic mass is 32.2. The zero-order valence-electron chi connectivity index (χ0n) is 14.3. The highest BCUT2D eigenvalue weighted by Gasteiger charge is 2.18. The molecule has 0 amide bonds. The lowest BCUT2D eigenvalue weighted by Gasteiger charge is -2.09. The topological polar surface area (TPSA) is 138 Å². The maximum absolute atomic E-state index is 12.6. The van der Waals surface area contributed by atoms with Crippen molar-refractivity contribution in [1.29, 1.82) is 0 Å². The van der Waals surface area contributed by atoms with E-state index in [-0.39, 0.29) is 25.5 Å². The molecule has 4 aromatic rings. The number of nitrogens with zero attached hydrogens (tertiary/aromatic N) is 1. The average molecular weight is 469 g/mol. The van der Waals surface area contributed by atoms with Gasteiger partial charge in [-0.15, -0.1) is 11.3 Å². The lowest BCUT2D eigenvalue weighted by atomic mass is 10.3. The van der Waals surface area contributed by atoms with Crippen LogP contribution in [-0.2, 0) is 20.0 Å². The first-order chi connectivity index (χ1) is 13.7. The third kappa shape index (κ3) is 4.17. The van der Waals surface area contributed by atoms with Gasteiger partial charge in [-0.1, -0.05) is 11.3 Å². The van der Waals surface area contributed by atoms with Gasteiger partial charge in [0.2, 0.25) is 0 Å². The van der Waals surface area contributed by atoms with Gasteiger partial charge in [-0.25, -0.2) is 21.8 Å². The first kappa shape index (κ1) is 19.6. The molecule has 0 unspecified atom stereocenters. The molecule has 0 atom stereocenters. The molecule has 2 heterocycles. The van der Waals surface area contributed by atoms with Crippen LogP contribution in [0.1, 0.15) is 0 Å². The Morgan fingerprint density at radius 1 is 0.897 bits per heavy atom. The lowest BCUT2D eigenvalue weighted by Crippen LogP contribution is -2.14. The van der Waals surface area contributed by atoms with Crippen molar-refractivity contribution in [3.8, 4) is 0 Å². The van der Waals surface area contributed by atoms with Crippen LogP contribution in [0.25, 0.3) is 10.2 Å². The quantitative estimate of drug-likeness (QED) is 0.398. The second kappa shape index (κ2) is 7.26. The molecule has 0 aliphatic rings. The van der Waals surface area contributed by atoms with Gasteiger partial charge in [0.05, 0.1) is 20.0 Å². The SMILES string of the molecule is O=c1[nH]c2ccc(S(=O)(=O)Nc3ccc(S(=O)(=O)Nc4nccs4)cc3)cc2s1. The fourth-order valence-corrected chi connectivity index (χ4v) is 6.18. The average Bonchev–Trinajstić information content (AvgIpc) is 3.29. The molecule has 0 spiro atoms. The number of aromatic nitrogens is 2. The van der Waals surface area contributed by atoms with Crippen LogP contribution in [0.15, 0.2) is 68.6 Å². The summed E-state index contributed by atoms with van der Waals surface area (Å²) in [6, 6.07) is 9.56.